The number of rotatable bonds is 5. The van der Waals surface area contributed by atoms with Crippen LogP contribution in [0.5, 0.6) is 0 Å². The van der Waals surface area contributed by atoms with Crippen molar-refractivity contribution < 1.29 is 18.0 Å². The summed E-state index contributed by atoms with van der Waals surface area (Å²) in [5, 5.41) is 12.2. The lowest BCUT2D eigenvalue weighted by atomic mass is 10.1. The van der Waals surface area contributed by atoms with E-state index in [0.29, 0.717) is 12.2 Å². The van der Waals surface area contributed by atoms with Crippen LogP contribution in [0.15, 0.2) is 54.7 Å². The number of alkyl halides is 3. The molecule has 4 rings (SSSR count). The Bertz CT molecular complexity index is 1240. The quantitative estimate of drug-likeness (QED) is 0.439. The van der Waals surface area contributed by atoms with E-state index in [4.69, 9.17) is 0 Å². The summed E-state index contributed by atoms with van der Waals surface area (Å²) >= 11 is 0.271. The maximum Gasteiger partial charge on any atom is 0.445 e. The number of anilines is 1. The molecule has 0 aliphatic rings. The average Bonchev–Trinajstić information content (AvgIpc) is 3.38. The highest BCUT2D eigenvalue weighted by molar-refractivity contribution is 7.15. The van der Waals surface area contributed by atoms with Crippen molar-refractivity contribution in [3.63, 3.8) is 0 Å². The normalized spacial score (nSPS) is 11.5. The van der Waals surface area contributed by atoms with Crippen molar-refractivity contribution in [2.45, 2.75) is 26.6 Å². The molecule has 2 aromatic carbocycles. The van der Waals surface area contributed by atoms with E-state index in [-0.39, 0.29) is 22.0 Å². The molecule has 0 saturated carbocycles. The van der Waals surface area contributed by atoms with Crippen LogP contribution >= 0.6 is 11.3 Å². The van der Waals surface area contributed by atoms with Crippen molar-refractivity contribution in [2.75, 3.05) is 5.32 Å². The van der Waals surface area contributed by atoms with Gasteiger partial charge in [0.1, 0.15) is 5.69 Å². The van der Waals surface area contributed by atoms with Crippen molar-refractivity contribution >= 4 is 22.4 Å². The zero-order valence-electron chi connectivity index (χ0n) is 17.1. The number of hydrogen-bond donors (Lipinski definition) is 1. The fraction of sp³-hybridized carbons (Fsp3) is 0.182. The number of halogens is 3. The zero-order chi connectivity index (χ0) is 22.9. The highest BCUT2D eigenvalue weighted by atomic mass is 32.1. The van der Waals surface area contributed by atoms with Crippen LogP contribution in [0.2, 0.25) is 0 Å². The van der Waals surface area contributed by atoms with Gasteiger partial charge in [0.05, 0.1) is 12.1 Å². The van der Waals surface area contributed by atoms with Gasteiger partial charge in [-0.15, -0.1) is 10.2 Å². The number of carbonyl (C=O) groups excluding carboxylic acids is 1. The molecule has 0 spiro atoms. The van der Waals surface area contributed by atoms with Crippen molar-refractivity contribution in [3.05, 3.63) is 82.0 Å². The van der Waals surface area contributed by atoms with Gasteiger partial charge in [-0.2, -0.15) is 18.3 Å². The van der Waals surface area contributed by atoms with Crippen molar-refractivity contribution in [3.8, 4) is 11.3 Å². The molecule has 0 fully saturated rings. The molecule has 4 aromatic rings. The molecule has 6 nitrogen and oxygen atoms in total. The topological polar surface area (TPSA) is 72.7 Å². The summed E-state index contributed by atoms with van der Waals surface area (Å²) < 4.78 is 40.0. The number of benzene rings is 2. The van der Waals surface area contributed by atoms with Crippen molar-refractivity contribution in [2.24, 2.45) is 0 Å². The highest BCUT2D eigenvalue weighted by Gasteiger charge is 2.36. The minimum absolute atomic E-state index is 0.227. The molecule has 2 heterocycles. The standard InChI is InChI=1S/C22H18F3N5OS/c1-13-3-7-15(8-4-13)11-30-12-17(18(29-30)16-9-5-14(2)6-10-16)19(31)26-21-28-27-20(32-21)22(23,24)25/h3-10,12H,11H2,1-2H3,(H,26,28,31). The van der Waals surface area contributed by atoms with Gasteiger partial charge in [-0.05, 0) is 19.4 Å². The SMILES string of the molecule is Cc1ccc(Cn2cc(C(=O)Nc3nnc(C(F)(F)F)s3)c(-c3ccc(C)cc3)n2)cc1. The lowest BCUT2D eigenvalue weighted by Gasteiger charge is -2.03. The molecule has 2 aromatic heterocycles. The number of nitrogens with zero attached hydrogens (tertiary/aromatic N) is 4. The number of nitrogens with one attached hydrogen (secondary N) is 1. The van der Waals surface area contributed by atoms with Gasteiger partial charge in [0.2, 0.25) is 10.1 Å². The average molecular weight is 457 g/mol. The minimum Gasteiger partial charge on any atom is -0.296 e. The number of amides is 1. The predicted molar refractivity (Wildman–Crippen MR) is 116 cm³/mol. The van der Waals surface area contributed by atoms with E-state index in [1.54, 1.807) is 10.9 Å². The monoisotopic (exact) mass is 457 g/mol. The molecule has 0 aliphatic carbocycles. The van der Waals surface area contributed by atoms with Crippen molar-refractivity contribution in [1.82, 2.24) is 20.0 Å². The van der Waals surface area contributed by atoms with Crippen LogP contribution in [0.4, 0.5) is 18.3 Å². The van der Waals surface area contributed by atoms with Crippen LogP contribution in [0.3, 0.4) is 0 Å². The Morgan fingerprint density at radius 3 is 2.22 bits per heavy atom. The van der Waals surface area contributed by atoms with Crippen LogP contribution in [-0.2, 0) is 12.7 Å². The second kappa shape index (κ2) is 8.54. The lowest BCUT2D eigenvalue weighted by molar-refractivity contribution is -0.138. The summed E-state index contributed by atoms with van der Waals surface area (Å²) in [5.41, 5.74) is 4.55. The predicted octanol–water partition coefficient (Wildman–Crippen LogP) is 5.34. The molecule has 0 aliphatic heterocycles. The van der Waals surface area contributed by atoms with Gasteiger partial charge < -0.3 is 0 Å². The molecule has 32 heavy (non-hydrogen) atoms. The third kappa shape index (κ3) is 4.86. The van der Waals surface area contributed by atoms with Crippen molar-refractivity contribution in [1.29, 1.82) is 0 Å². The first kappa shape index (κ1) is 21.7. The number of hydrogen-bond acceptors (Lipinski definition) is 5. The van der Waals surface area contributed by atoms with E-state index >= 15 is 0 Å². The van der Waals surface area contributed by atoms with Gasteiger partial charge in [0.25, 0.3) is 5.91 Å². The van der Waals surface area contributed by atoms with E-state index < -0.39 is 17.1 Å². The Kier molecular flexibility index (Phi) is 5.79. The summed E-state index contributed by atoms with van der Waals surface area (Å²) in [5.74, 6) is -0.611. The number of aromatic nitrogens is 4. The van der Waals surface area contributed by atoms with E-state index in [9.17, 15) is 18.0 Å². The van der Waals surface area contributed by atoms with Crippen LogP contribution in [-0.4, -0.2) is 25.9 Å². The van der Waals surface area contributed by atoms with Gasteiger partial charge in [0, 0.05) is 11.8 Å². The first-order valence-corrected chi connectivity index (χ1v) is 10.4. The zero-order valence-corrected chi connectivity index (χ0v) is 18.0. The molecular formula is C22H18F3N5OS. The Morgan fingerprint density at radius 1 is 1.00 bits per heavy atom. The van der Waals surface area contributed by atoms with Gasteiger partial charge in [-0.25, -0.2) is 0 Å². The Morgan fingerprint density at radius 2 is 1.62 bits per heavy atom. The van der Waals surface area contributed by atoms with E-state index in [2.05, 4.69) is 20.6 Å². The number of carbonyl (C=O) groups is 1. The van der Waals surface area contributed by atoms with Gasteiger partial charge in [-0.3, -0.25) is 14.8 Å². The second-order valence-corrected chi connectivity index (χ2v) is 8.28. The molecule has 0 bridgehead atoms. The maximum atomic E-state index is 12.9. The summed E-state index contributed by atoms with van der Waals surface area (Å²) in [6, 6.07) is 15.4. The molecule has 0 unspecified atom stereocenters. The van der Waals surface area contributed by atoms with E-state index in [1.807, 2.05) is 62.4 Å². The first-order chi connectivity index (χ1) is 15.2. The van der Waals surface area contributed by atoms with Crippen LogP contribution in [0, 0.1) is 13.8 Å². The Hall–Kier alpha value is -3.53. The van der Waals surface area contributed by atoms with Crippen LogP contribution in [0.25, 0.3) is 11.3 Å². The smallest absolute Gasteiger partial charge is 0.296 e. The van der Waals surface area contributed by atoms with Crippen LogP contribution < -0.4 is 5.32 Å². The maximum absolute atomic E-state index is 12.9. The summed E-state index contributed by atoms with van der Waals surface area (Å²) in [4.78, 5) is 12.9. The third-order valence-electron chi connectivity index (χ3n) is 4.68. The molecule has 0 saturated heterocycles. The fourth-order valence-electron chi connectivity index (χ4n) is 3.03. The molecule has 1 N–H and O–H groups in total. The minimum atomic E-state index is -4.62. The molecule has 0 atom stereocenters. The molecule has 164 valence electrons. The highest BCUT2D eigenvalue weighted by Crippen LogP contribution is 2.33. The first-order valence-electron chi connectivity index (χ1n) is 9.61. The third-order valence-corrected chi connectivity index (χ3v) is 5.57. The van der Waals surface area contributed by atoms with Gasteiger partial charge >= 0.3 is 6.18 Å². The molecule has 0 radical (unpaired) electrons. The largest absolute Gasteiger partial charge is 0.445 e. The molecule has 1 amide bonds. The summed E-state index contributed by atoms with van der Waals surface area (Å²) in [7, 11) is 0. The van der Waals surface area contributed by atoms with Gasteiger partial charge in [0.15, 0.2) is 0 Å². The van der Waals surface area contributed by atoms with Gasteiger partial charge in [-0.1, -0.05) is 71.0 Å². The number of aryl methyl sites for hydroxylation is 2. The lowest BCUT2D eigenvalue weighted by Crippen LogP contribution is -2.12. The Balaban J connectivity index is 1.66. The van der Waals surface area contributed by atoms with Crippen LogP contribution in [0.1, 0.15) is 32.1 Å². The van der Waals surface area contributed by atoms with E-state index in [1.165, 1.54) is 0 Å². The van der Waals surface area contributed by atoms with E-state index in [0.717, 1.165) is 22.3 Å². The molecular weight excluding hydrogens is 439 g/mol. The summed E-state index contributed by atoms with van der Waals surface area (Å²) in [6.07, 6.45) is -3.04. The second-order valence-electron chi connectivity index (χ2n) is 7.30. The fourth-order valence-corrected chi connectivity index (χ4v) is 3.63. The Labute approximate surface area is 185 Å². The molecule has 10 heteroatoms. The summed E-state index contributed by atoms with van der Waals surface area (Å²) in [6.45, 7) is 4.37.